The van der Waals surface area contributed by atoms with Gasteiger partial charge >= 0.3 is 6.01 Å². The Morgan fingerprint density at radius 3 is 2.35 bits per heavy atom. The van der Waals surface area contributed by atoms with E-state index >= 15 is 0 Å². The van der Waals surface area contributed by atoms with Gasteiger partial charge in [-0.2, -0.15) is 0 Å². The van der Waals surface area contributed by atoms with Crippen LogP contribution in [0.5, 0.6) is 17.5 Å². The lowest BCUT2D eigenvalue weighted by molar-refractivity contribution is 0.391. The normalized spacial score (nSPS) is 10.6. The molecule has 4 heteroatoms. The van der Waals surface area contributed by atoms with Crippen LogP contribution in [-0.2, 0) is 0 Å². The molecule has 4 nitrogen and oxygen atoms in total. The van der Waals surface area contributed by atoms with Crippen LogP contribution >= 0.6 is 0 Å². The maximum absolute atomic E-state index is 5.71. The van der Waals surface area contributed by atoms with E-state index in [1.54, 1.807) is 13.3 Å². The molecule has 2 aromatic rings. The van der Waals surface area contributed by atoms with Crippen molar-refractivity contribution in [3.8, 4) is 17.5 Å². The number of nitrogens with zero attached hydrogens (tertiary/aromatic N) is 2. The zero-order valence-electron chi connectivity index (χ0n) is 10.3. The van der Waals surface area contributed by atoms with E-state index in [9.17, 15) is 0 Å². The molecule has 1 heterocycles. The Morgan fingerprint density at radius 2 is 1.76 bits per heavy atom. The van der Waals surface area contributed by atoms with Crippen LogP contribution in [0, 0.1) is 0 Å². The summed E-state index contributed by atoms with van der Waals surface area (Å²) in [6.45, 7) is 4.17. The van der Waals surface area contributed by atoms with Crippen molar-refractivity contribution in [2.75, 3.05) is 7.11 Å². The molecule has 0 N–H and O–H groups in total. The molecule has 0 saturated heterocycles. The van der Waals surface area contributed by atoms with Crippen LogP contribution in [0.1, 0.15) is 19.9 Å². The highest BCUT2D eigenvalue weighted by molar-refractivity contribution is 5.32. The Balaban J connectivity index is 2.16. The maximum atomic E-state index is 5.71. The average molecular weight is 232 g/mol. The molecule has 0 aliphatic heterocycles. The van der Waals surface area contributed by atoms with Gasteiger partial charge in [0.1, 0.15) is 11.5 Å². The molecule has 1 aromatic heterocycles. The molecule has 0 saturated carbocycles. The fraction of sp³-hybridized carbons (Fsp3) is 0.308. The van der Waals surface area contributed by atoms with Crippen molar-refractivity contribution in [3.63, 3.8) is 0 Å². The van der Waals surface area contributed by atoms with E-state index < -0.39 is 0 Å². The largest absolute Gasteiger partial charge is 0.497 e. The van der Waals surface area contributed by atoms with E-state index in [0.29, 0.717) is 12.1 Å². The Bertz CT molecular complexity index is 474. The molecular formula is C13H16N2O2. The van der Waals surface area contributed by atoms with Crippen molar-refractivity contribution in [3.05, 3.63) is 36.7 Å². The number of hydrogen-bond donors (Lipinski definition) is 0. The van der Waals surface area contributed by atoms with Crippen LogP contribution in [0.4, 0.5) is 0 Å². The first-order chi connectivity index (χ1) is 8.20. The van der Waals surface area contributed by atoms with Crippen molar-refractivity contribution < 1.29 is 9.47 Å². The third kappa shape index (κ3) is 2.58. The predicted molar refractivity (Wildman–Crippen MR) is 65.7 cm³/mol. The molecular weight excluding hydrogens is 216 g/mol. The molecule has 0 bridgehead atoms. The first-order valence-corrected chi connectivity index (χ1v) is 5.55. The molecule has 0 amide bonds. The quantitative estimate of drug-likeness (QED) is 0.811. The smallest absolute Gasteiger partial charge is 0.302 e. The lowest BCUT2D eigenvalue weighted by atomic mass is 10.3. The summed E-state index contributed by atoms with van der Waals surface area (Å²) in [6, 6.07) is 8.36. The van der Waals surface area contributed by atoms with E-state index in [4.69, 9.17) is 9.47 Å². The summed E-state index contributed by atoms with van der Waals surface area (Å²) in [7, 11) is 1.64. The fourth-order valence-electron chi connectivity index (χ4n) is 1.52. The van der Waals surface area contributed by atoms with Crippen molar-refractivity contribution in [2.24, 2.45) is 0 Å². The molecule has 0 unspecified atom stereocenters. The Labute approximate surface area is 101 Å². The van der Waals surface area contributed by atoms with Gasteiger partial charge < -0.3 is 9.47 Å². The molecule has 0 fully saturated rings. The predicted octanol–water partition coefficient (Wildman–Crippen LogP) is 3.26. The van der Waals surface area contributed by atoms with Crippen molar-refractivity contribution in [1.82, 2.24) is 9.55 Å². The fourth-order valence-corrected chi connectivity index (χ4v) is 1.52. The Hall–Kier alpha value is -1.97. The summed E-state index contributed by atoms with van der Waals surface area (Å²) in [6.07, 6.45) is 3.64. The van der Waals surface area contributed by atoms with Gasteiger partial charge in [-0.15, -0.1) is 0 Å². The van der Waals surface area contributed by atoms with Crippen LogP contribution in [0.25, 0.3) is 0 Å². The van der Waals surface area contributed by atoms with Crippen LogP contribution in [0.3, 0.4) is 0 Å². The lowest BCUT2D eigenvalue weighted by Crippen LogP contribution is -2.01. The molecule has 0 radical (unpaired) electrons. The van der Waals surface area contributed by atoms with Crippen LogP contribution in [0.15, 0.2) is 36.7 Å². The molecule has 0 atom stereocenters. The number of methoxy groups -OCH3 is 1. The molecule has 17 heavy (non-hydrogen) atoms. The van der Waals surface area contributed by atoms with E-state index in [2.05, 4.69) is 18.8 Å². The van der Waals surface area contributed by atoms with Crippen LogP contribution in [0.2, 0.25) is 0 Å². The highest BCUT2D eigenvalue weighted by Crippen LogP contribution is 2.24. The number of hydrogen-bond acceptors (Lipinski definition) is 3. The molecule has 2 rings (SSSR count). The van der Waals surface area contributed by atoms with Gasteiger partial charge in [0.25, 0.3) is 0 Å². The number of ether oxygens (including phenoxy) is 2. The zero-order chi connectivity index (χ0) is 12.3. The van der Waals surface area contributed by atoms with Crippen LogP contribution in [-0.4, -0.2) is 16.7 Å². The van der Waals surface area contributed by atoms with E-state index in [1.807, 2.05) is 35.0 Å². The molecule has 0 aliphatic rings. The summed E-state index contributed by atoms with van der Waals surface area (Å²) < 4.78 is 12.8. The molecule has 1 aromatic carbocycles. The third-order valence-corrected chi connectivity index (χ3v) is 2.46. The summed E-state index contributed by atoms with van der Waals surface area (Å²) in [5, 5.41) is 0. The zero-order valence-corrected chi connectivity index (χ0v) is 10.3. The monoisotopic (exact) mass is 232 g/mol. The van der Waals surface area contributed by atoms with Crippen molar-refractivity contribution in [2.45, 2.75) is 19.9 Å². The second-order valence-corrected chi connectivity index (χ2v) is 3.99. The highest BCUT2D eigenvalue weighted by Gasteiger charge is 2.07. The number of imidazole rings is 1. The summed E-state index contributed by atoms with van der Waals surface area (Å²) >= 11 is 0. The minimum absolute atomic E-state index is 0.325. The SMILES string of the molecule is COc1ccc(Oc2nccn2C(C)C)cc1. The van der Waals surface area contributed by atoms with Crippen LogP contribution < -0.4 is 9.47 Å². The Kier molecular flexibility index (Phi) is 3.32. The summed E-state index contributed by atoms with van der Waals surface area (Å²) in [4.78, 5) is 4.18. The number of rotatable bonds is 4. The van der Waals surface area contributed by atoms with E-state index in [0.717, 1.165) is 11.5 Å². The van der Waals surface area contributed by atoms with Gasteiger partial charge in [-0.05, 0) is 38.1 Å². The molecule has 0 aliphatic carbocycles. The van der Waals surface area contributed by atoms with Gasteiger partial charge in [-0.3, -0.25) is 4.57 Å². The Morgan fingerprint density at radius 1 is 1.12 bits per heavy atom. The standard InChI is InChI=1S/C13H16N2O2/c1-10(2)15-9-8-14-13(15)17-12-6-4-11(16-3)5-7-12/h4-10H,1-3H3. The van der Waals surface area contributed by atoms with Gasteiger partial charge in [-0.1, -0.05) is 0 Å². The van der Waals surface area contributed by atoms with Crippen molar-refractivity contribution >= 4 is 0 Å². The number of aromatic nitrogens is 2. The van der Waals surface area contributed by atoms with Gasteiger partial charge in [0.15, 0.2) is 0 Å². The van der Waals surface area contributed by atoms with Crippen molar-refractivity contribution in [1.29, 1.82) is 0 Å². The highest BCUT2D eigenvalue weighted by atomic mass is 16.5. The summed E-state index contributed by atoms with van der Waals surface area (Å²) in [5.41, 5.74) is 0. The van der Waals surface area contributed by atoms with Gasteiger partial charge in [-0.25, -0.2) is 4.98 Å². The minimum Gasteiger partial charge on any atom is -0.497 e. The maximum Gasteiger partial charge on any atom is 0.302 e. The van der Waals surface area contributed by atoms with Gasteiger partial charge in [0, 0.05) is 18.4 Å². The number of benzene rings is 1. The minimum atomic E-state index is 0.325. The topological polar surface area (TPSA) is 36.3 Å². The third-order valence-electron chi connectivity index (χ3n) is 2.46. The van der Waals surface area contributed by atoms with E-state index in [-0.39, 0.29) is 0 Å². The lowest BCUT2D eigenvalue weighted by Gasteiger charge is -2.11. The second-order valence-electron chi connectivity index (χ2n) is 3.99. The van der Waals surface area contributed by atoms with Gasteiger partial charge in [0.2, 0.25) is 0 Å². The van der Waals surface area contributed by atoms with Gasteiger partial charge in [0.05, 0.1) is 7.11 Å². The first-order valence-electron chi connectivity index (χ1n) is 5.55. The molecule has 0 spiro atoms. The average Bonchev–Trinajstić information content (AvgIpc) is 2.78. The first kappa shape index (κ1) is 11.5. The summed E-state index contributed by atoms with van der Waals surface area (Å²) in [5.74, 6) is 1.56. The second kappa shape index (κ2) is 4.91. The van der Waals surface area contributed by atoms with E-state index in [1.165, 1.54) is 0 Å². The molecule has 90 valence electrons.